The molecule has 0 unspecified atom stereocenters. The van der Waals surface area contributed by atoms with Gasteiger partial charge < -0.3 is 10.1 Å². The monoisotopic (exact) mass is 326 g/mol. The molecule has 1 aromatic carbocycles. The first-order chi connectivity index (χ1) is 10.1. The Morgan fingerprint density at radius 2 is 2.05 bits per heavy atom. The summed E-state index contributed by atoms with van der Waals surface area (Å²) in [5.74, 6) is 0.490. The van der Waals surface area contributed by atoms with Crippen LogP contribution in [0.2, 0.25) is 0 Å². The van der Waals surface area contributed by atoms with Crippen LogP contribution in [0, 0.1) is 0 Å². The maximum Gasteiger partial charge on any atom is 0.262 e. The van der Waals surface area contributed by atoms with Gasteiger partial charge in [-0.25, -0.2) is 8.42 Å². The molecule has 2 N–H and O–H groups in total. The average Bonchev–Trinajstić information content (AvgIpc) is 2.95. The molecule has 0 amide bonds. The number of methoxy groups -OCH3 is 1. The van der Waals surface area contributed by atoms with Gasteiger partial charge in [0.05, 0.1) is 17.7 Å². The highest BCUT2D eigenvalue weighted by Crippen LogP contribution is 2.27. The number of hydrogen-bond acceptors (Lipinski definition) is 5. The van der Waals surface area contributed by atoms with Crippen LogP contribution in [0.3, 0.4) is 0 Å². The molecule has 0 spiro atoms. The molecule has 0 atom stereocenters. The summed E-state index contributed by atoms with van der Waals surface area (Å²) in [5.41, 5.74) is 0.430. The fourth-order valence-corrected chi connectivity index (χ4v) is 4.09. The van der Waals surface area contributed by atoms with Gasteiger partial charge in [-0.05, 0) is 24.7 Å². The van der Waals surface area contributed by atoms with Crippen LogP contribution in [0.25, 0.3) is 0 Å². The number of ether oxygens (including phenoxy) is 1. The van der Waals surface area contributed by atoms with Crippen LogP contribution >= 0.6 is 11.3 Å². The Kier molecular flexibility index (Phi) is 5.22. The summed E-state index contributed by atoms with van der Waals surface area (Å²) >= 11 is 1.42. The first-order valence-corrected chi connectivity index (χ1v) is 8.87. The minimum atomic E-state index is -3.60. The van der Waals surface area contributed by atoms with E-state index in [4.69, 9.17) is 4.74 Å². The SMILES string of the molecule is CCNCc1cc(S(=O)(=O)Nc2ccccc2OC)cs1. The van der Waals surface area contributed by atoms with Gasteiger partial charge in [0.1, 0.15) is 5.75 Å². The van der Waals surface area contributed by atoms with Crippen molar-refractivity contribution in [3.63, 3.8) is 0 Å². The van der Waals surface area contributed by atoms with Crippen LogP contribution in [-0.4, -0.2) is 22.1 Å². The summed E-state index contributed by atoms with van der Waals surface area (Å²) in [6, 6.07) is 8.61. The molecule has 0 bridgehead atoms. The molecular weight excluding hydrogens is 308 g/mol. The summed E-state index contributed by atoms with van der Waals surface area (Å²) in [4.78, 5) is 1.25. The van der Waals surface area contributed by atoms with Gasteiger partial charge in [-0.3, -0.25) is 4.72 Å². The summed E-state index contributed by atoms with van der Waals surface area (Å²) in [6.07, 6.45) is 0. The van der Waals surface area contributed by atoms with E-state index in [1.165, 1.54) is 18.4 Å². The zero-order chi connectivity index (χ0) is 15.3. The molecule has 0 aliphatic heterocycles. The number of anilines is 1. The van der Waals surface area contributed by atoms with Crippen LogP contribution < -0.4 is 14.8 Å². The normalized spacial score (nSPS) is 11.3. The van der Waals surface area contributed by atoms with Gasteiger partial charge in [-0.1, -0.05) is 19.1 Å². The van der Waals surface area contributed by atoms with Crippen LogP contribution in [-0.2, 0) is 16.6 Å². The van der Waals surface area contributed by atoms with E-state index in [-0.39, 0.29) is 4.90 Å². The highest BCUT2D eigenvalue weighted by Gasteiger charge is 2.18. The second kappa shape index (κ2) is 6.93. The number of sulfonamides is 1. The molecule has 0 radical (unpaired) electrons. The van der Waals surface area contributed by atoms with Crippen molar-refractivity contribution in [2.75, 3.05) is 18.4 Å². The lowest BCUT2D eigenvalue weighted by molar-refractivity contribution is 0.417. The molecule has 0 aliphatic rings. The van der Waals surface area contributed by atoms with Crippen molar-refractivity contribution in [3.8, 4) is 5.75 Å². The molecule has 2 rings (SSSR count). The molecule has 21 heavy (non-hydrogen) atoms. The first kappa shape index (κ1) is 15.8. The third-order valence-corrected chi connectivity index (χ3v) is 5.27. The van der Waals surface area contributed by atoms with E-state index in [2.05, 4.69) is 10.0 Å². The Labute approximate surface area is 129 Å². The third kappa shape index (κ3) is 3.96. The van der Waals surface area contributed by atoms with E-state index in [9.17, 15) is 8.42 Å². The topological polar surface area (TPSA) is 67.4 Å². The lowest BCUT2D eigenvalue weighted by atomic mass is 10.3. The summed E-state index contributed by atoms with van der Waals surface area (Å²) in [6.45, 7) is 3.53. The van der Waals surface area contributed by atoms with Crippen molar-refractivity contribution in [1.29, 1.82) is 0 Å². The average molecular weight is 326 g/mol. The molecule has 2 aromatic rings. The summed E-state index contributed by atoms with van der Waals surface area (Å²) in [5, 5.41) is 4.82. The predicted octanol–water partition coefficient (Wildman–Crippen LogP) is 2.67. The van der Waals surface area contributed by atoms with E-state index >= 15 is 0 Å². The number of nitrogens with one attached hydrogen (secondary N) is 2. The fourth-order valence-electron chi connectivity index (χ4n) is 1.77. The number of benzene rings is 1. The van der Waals surface area contributed by atoms with Gasteiger partial charge in [0, 0.05) is 16.8 Å². The highest BCUT2D eigenvalue weighted by molar-refractivity contribution is 7.92. The predicted molar refractivity (Wildman–Crippen MR) is 85.5 cm³/mol. The van der Waals surface area contributed by atoms with E-state index in [0.29, 0.717) is 18.0 Å². The Morgan fingerprint density at radius 1 is 1.29 bits per heavy atom. The minimum Gasteiger partial charge on any atom is -0.495 e. The van der Waals surface area contributed by atoms with Gasteiger partial charge in [-0.15, -0.1) is 11.3 Å². The fraction of sp³-hybridized carbons (Fsp3) is 0.286. The summed E-state index contributed by atoms with van der Waals surface area (Å²) in [7, 11) is -2.09. The standard InChI is InChI=1S/C14H18N2O3S2/c1-3-15-9-11-8-12(10-20-11)21(17,18)16-13-6-4-5-7-14(13)19-2/h4-8,10,15-16H,3,9H2,1-2H3. The van der Waals surface area contributed by atoms with Crippen molar-refractivity contribution in [1.82, 2.24) is 5.32 Å². The van der Waals surface area contributed by atoms with E-state index in [1.54, 1.807) is 35.7 Å². The minimum absolute atomic E-state index is 0.270. The van der Waals surface area contributed by atoms with Crippen LogP contribution in [0.4, 0.5) is 5.69 Å². The van der Waals surface area contributed by atoms with E-state index in [1.807, 2.05) is 6.92 Å². The van der Waals surface area contributed by atoms with Crippen molar-refractivity contribution >= 4 is 27.0 Å². The van der Waals surface area contributed by atoms with Gasteiger partial charge in [0.25, 0.3) is 10.0 Å². The highest BCUT2D eigenvalue weighted by atomic mass is 32.2. The zero-order valence-corrected chi connectivity index (χ0v) is 13.6. The molecule has 114 valence electrons. The van der Waals surface area contributed by atoms with Gasteiger partial charge in [0.2, 0.25) is 0 Å². The molecule has 0 fully saturated rings. The third-order valence-electron chi connectivity index (χ3n) is 2.84. The number of para-hydroxylation sites is 2. The van der Waals surface area contributed by atoms with Crippen LogP contribution in [0.15, 0.2) is 40.6 Å². The van der Waals surface area contributed by atoms with Crippen molar-refractivity contribution < 1.29 is 13.2 Å². The van der Waals surface area contributed by atoms with Gasteiger partial charge in [-0.2, -0.15) is 0 Å². The van der Waals surface area contributed by atoms with Crippen LogP contribution in [0.1, 0.15) is 11.8 Å². The molecule has 1 heterocycles. The van der Waals surface area contributed by atoms with Gasteiger partial charge >= 0.3 is 0 Å². The molecule has 5 nitrogen and oxygen atoms in total. The Hall–Kier alpha value is -1.57. The molecular formula is C14H18N2O3S2. The van der Waals surface area contributed by atoms with Crippen molar-refractivity contribution in [2.45, 2.75) is 18.4 Å². The Balaban J connectivity index is 2.20. The quantitative estimate of drug-likeness (QED) is 0.821. The van der Waals surface area contributed by atoms with E-state index in [0.717, 1.165) is 11.4 Å². The lowest BCUT2D eigenvalue weighted by Crippen LogP contribution is -2.13. The lowest BCUT2D eigenvalue weighted by Gasteiger charge is -2.10. The smallest absolute Gasteiger partial charge is 0.262 e. The molecule has 7 heteroatoms. The molecule has 0 saturated heterocycles. The zero-order valence-electron chi connectivity index (χ0n) is 11.9. The van der Waals surface area contributed by atoms with Crippen molar-refractivity contribution in [2.24, 2.45) is 0 Å². The number of hydrogen-bond donors (Lipinski definition) is 2. The van der Waals surface area contributed by atoms with Crippen molar-refractivity contribution in [3.05, 3.63) is 40.6 Å². The van der Waals surface area contributed by atoms with Crippen LogP contribution in [0.5, 0.6) is 5.75 Å². The maximum atomic E-state index is 12.4. The number of thiophene rings is 1. The van der Waals surface area contributed by atoms with Gasteiger partial charge in [0.15, 0.2) is 0 Å². The largest absolute Gasteiger partial charge is 0.495 e. The van der Waals surface area contributed by atoms with E-state index < -0.39 is 10.0 Å². The maximum absolute atomic E-state index is 12.4. The molecule has 0 saturated carbocycles. The first-order valence-electron chi connectivity index (χ1n) is 6.50. The molecule has 0 aliphatic carbocycles. The summed E-state index contributed by atoms with van der Waals surface area (Å²) < 4.78 is 32.5. The second-order valence-electron chi connectivity index (χ2n) is 4.33. The second-order valence-corrected chi connectivity index (χ2v) is 7.01. The Bertz CT molecular complexity index is 696. The number of rotatable bonds is 7. The molecule has 1 aromatic heterocycles. The Morgan fingerprint density at radius 3 is 2.76 bits per heavy atom.